The summed E-state index contributed by atoms with van der Waals surface area (Å²) >= 11 is 0. The molecule has 0 saturated carbocycles. The van der Waals surface area contributed by atoms with Crippen molar-refractivity contribution in [2.45, 2.75) is 32.5 Å². The van der Waals surface area contributed by atoms with E-state index in [4.69, 9.17) is 4.74 Å². The molecule has 1 aromatic carbocycles. The van der Waals surface area contributed by atoms with E-state index in [2.05, 4.69) is 4.98 Å². The Labute approximate surface area is 148 Å². The van der Waals surface area contributed by atoms with E-state index in [0.717, 1.165) is 18.4 Å². The van der Waals surface area contributed by atoms with Crippen molar-refractivity contribution < 1.29 is 14.6 Å². The van der Waals surface area contributed by atoms with Crippen LogP contribution in [0.2, 0.25) is 0 Å². The van der Waals surface area contributed by atoms with Gasteiger partial charge in [-0.15, -0.1) is 0 Å². The number of piperidine rings is 1. The fraction of sp³-hybridized carbons (Fsp3) is 0.400. The van der Waals surface area contributed by atoms with Gasteiger partial charge >= 0.3 is 0 Å². The molecule has 0 radical (unpaired) electrons. The number of rotatable bonds is 5. The van der Waals surface area contributed by atoms with Crippen molar-refractivity contribution in [3.05, 3.63) is 59.8 Å². The van der Waals surface area contributed by atoms with Crippen LogP contribution < -0.4 is 4.74 Å². The second-order valence-electron chi connectivity index (χ2n) is 6.53. The number of carbonyl (C=O) groups is 1. The number of aliphatic hydroxyl groups is 1. The minimum Gasteiger partial charge on any atom is -0.473 e. The van der Waals surface area contributed by atoms with E-state index >= 15 is 0 Å². The molecule has 1 aromatic heterocycles. The Balaban J connectivity index is 1.60. The zero-order valence-electron chi connectivity index (χ0n) is 14.5. The molecule has 5 heteroatoms. The van der Waals surface area contributed by atoms with Crippen LogP contribution in [0.15, 0.2) is 48.7 Å². The summed E-state index contributed by atoms with van der Waals surface area (Å²) in [5.74, 6) is 0.732. The van der Waals surface area contributed by atoms with Gasteiger partial charge in [0, 0.05) is 30.9 Å². The van der Waals surface area contributed by atoms with Gasteiger partial charge in [-0.2, -0.15) is 0 Å². The highest BCUT2D eigenvalue weighted by atomic mass is 16.5. The molecular weight excluding hydrogens is 316 g/mol. The van der Waals surface area contributed by atoms with Crippen LogP contribution in [0.4, 0.5) is 0 Å². The quantitative estimate of drug-likeness (QED) is 0.909. The van der Waals surface area contributed by atoms with Crippen LogP contribution in [0.3, 0.4) is 0 Å². The van der Waals surface area contributed by atoms with Gasteiger partial charge in [-0.1, -0.05) is 30.3 Å². The Morgan fingerprint density at radius 1 is 1.28 bits per heavy atom. The zero-order valence-corrected chi connectivity index (χ0v) is 14.5. The van der Waals surface area contributed by atoms with E-state index in [9.17, 15) is 9.90 Å². The summed E-state index contributed by atoms with van der Waals surface area (Å²) in [5.41, 5.74) is 1.65. The van der Waals surface area contributed by atoms with E-state index in [-0.39, 0.29) is 17.9 Å². The number of aliphatic hydroxyl groups excluding tert-OH is 1. The molecule has 0 aliphatic carbocycles. The molecule has 2 heterocycles. The van der Waals surface area contributed by atoms with Gasteiger partial charge < -0.3 is 14.7 Å². The summed E-state index contributed by atoms with van der Waals surface area (Å²) < 4.78 is 5.70. The lowest BCUT2D eigenvalue weighted by atomic mass is 9.92. The van der Waals surface area contributed by atoms with Gasteiger partial charge in [0.15, 0.2) is 0 Å². The van der Waals surface area contributed by atoms with Crippen molar-refractivity contribution in [3.63, 3.8) is 0 Å². The smallest absolute Gasteiger partial charge is 0.254 e. The second kappa shape index (κ2) is 8.12. The number of ether oxygens (including phenoxy) is 1. The molecule has 1 fully saturated rings. The number of carbonyl (C=O) groups excluding carboxylic acids is 1. The topological polar surface area (TPSA) is 62.7 Å². The molecule has 1 N–H and O–H groups in total. The largest absolute Gasteiger partial charge is 0.473 e. The maximum atomic E-state index is 12.7. The first-order valence-corrected chi connectivity index (χ1v) is 8.73. The Hall–Kier alpha value is -2.40. The lowest BCUT2D eigenvalue weighted by Gasteiger charge is -2.33. The molecule has 132 valence electrons. The summed E-state index contributed by atoms with van der Waals surface area (Å²) in [7, 11) is 0. The highest BCUT2D eigenvalue weighted by Crippen LogP contribution is 2.22. The highest BCUT2D eigenvalue weighted by molar-refractivity contribution is 5.94. The molecule has 0 spiro atoms. The monoisotopic (exact) mass is 340 g/mol. The van der Waals surface area contributed by atoms with E-state index in [1.807, 2.05) is 42.2 Å². The molecule has 1 atom stereocenters. The maximum absolute atomic E-state index is 12.7. The summed E-state index contributed by atoms with van der Waals surface area (Å²) in [6.45, 7) is 3.60. The van der Waals surface area contributed by atoms with Crippen molar-refractivity contribution in [2.24, 2.45) is 5.92 Å². The second-order valence-corrected chi connectivity index (χ2v) is 6.53. The first-order valence-electron chi connectivity index (χ1n) is 8.73. The van der Waals surface area contributed by atoms with Crippen LogP contribution in [-0.2, 0) is 6.61 Å². The molecule has 25 heavy (non-hydrogen) atoms. The number of nitrogens with zero attached hydrogens (tertiary/aromatic N) is 2. The number of likely N-dealkylation sites (tertiary alicyclic amines) is 1. The molecule has 1 aliphatic heterocycles. The van der Waals surface area contributed by atoms with Crippen molar-refractivity contribution >= 4 is 5.91 Å². The molecule has 5 nitrogen and oxygen atoms in total. The first kappa shape index (κ1) is 17.4. The summed E-state index contributed by atoms with van der Waals surface area (Å²) in [5, 5.41) is 9.68. The third kappa shape index (κ3) is 4.57. The predicted octanol–water partition coefficient (Wildman–Crippen LogP) is 2.89. The number of hydrogen-bond acceptors (Lipinski definition) is 4. The molecule has 3 rings (SSSR count). The van der Waals surface area contributed by atoms with Crippen LogP contribution >= 0.6 is 0 Å². The van der Waals surface area contributed by atoms with Gasteiger partial charge in [0.25, 0.3) is 5.91 Å². The van der Waals surface area contributed by atoms with E-state index < -0.39 is 0 Å². The Kier molecular flexibility index (Phi) is 5.66. The van der Waals surface area contributed by atoms with Gasteiger partial charge in [-0.25, -0.2) is 4.98 Å². The van der Waals surface area contributed by atoms with Crippen LogP contribution in [-0.4, -0.2) is 40.1 Å². The van der Waals surface area contributed by atoms with Gasteiger partial charge in [0.05, 0.1) is 6.10 Å². The number of hydrogen-bond donors (Lipinski definition) is 1. The lowest BCUT2D eigenvalue weighted by molar-refractivity contribution is 0.0521. The van der Waals surface area contributed by atoms with Crippen molar-refractivity contribution in [3.8, 4) is 5.88 Å². The molecule has 1 unspecified atom stereocenters. The van der Waals surface area contributed by atoms with E-state index in [1.165, 1.54) is 0 Å². The first-order chi connectivity index (χ1) is 12.1. The maximum Gasteiger partial charge on any atom is 0.254 e. The van der Waals surface area contributed by atoms with Gasteiger partial charge in [0.1, 0.15) is 6.61 Å². The zero-order chi connectivity index (χ0) is 17.6. The van der Waals surface area contributed by atoms with Gasteiger partial charge in [0.2, 0.25) is 5.88 Å². The SMILES string of the molecule is CC(O)C1CCN(C(=O)c2ccnc(OCc3ccccc3)c2)CC1. The average Bonchev–Trinajstić information content (AvgIpc) is 2.67. The van der Waals surface area contributed by atoms with Crippen LogP contribution in [0.25, 0.3) is 0 Å². The highest BCUT2D eigenvalue weighted by Gasteiger charge is 2.26. The van der Waals surface area contributed by atoms with Gasteiger partial charge in [-0.3, -0.25) is 4.79 Å². The van der Waals surface area contributed by atoms with Gasteiger partial charge in [-0.05, 0) is 37.3 Å². The van der Waals surface area contributed by atoms with E-state index in [1.54, 1.807) is 18.3 Å². The third-order valence-electron chi connectivity index (χ3n) is 4.72. The Morgan fingerprint density at radius 2 is 2.00 bits per heavy atom. The van der Waals surface area contributed by atoms with Crippen molar-refractivity contribution in [1.29, 1.82) is 0 Å². The number of amides is 1. The Bertz CT molecular complexity index is 695. The summed E-state index contributed by atoms with van der Waals surface area (Å²) in [6, 6.07) is 13.3. The van der Waals surface area contributed by atoms with Crippen molar-refractivity contribution in [2.75, 3.05) is 13.1 Å². The standard InChI is InChI=1S/C20H24N2O3/c1-15(23)17-8-11-22(12-9-17)20(24)18-7-10-21-19(13-18)25-14-16-5-3-2-4-6-16/h2-7,10,13,15,17,23H,8-9,11-12,14H2,1H3. The minimum atomic E-state index is -0.309. The summed E-state index contributed by atoms with van der Waals surface area (Å²) in [4.78, 5) is 18.7. The van der Waals surface area contributed by atoms with Crippen LogP contribution in [0.5, 0.6) is 5.88 Å². The molecule has 0 bridgehead atoms. The molecule has 1 aliphatic rings. The molecule has 1 amide bonds. The predicted molar refractivity (Wildman–Crippen MR) is 95.3 cm³/mol. The van der Waals surface area contributed by atoms with Crippen LogP contribution in [0, 0.1) is 5.92 Å². The normalized spacial score (nSPS) is 16.5. The number of aromatic nitrogens is 1. The van der Waals surface area contributed by atoms with Crippen molar-refractivity contribution in [1.82, 2.24) is 9.88 Å². The number of benzene rings is 1. The van der Waals surface area contributed by atoms with E-state index in [0.29, 0.717) is 31.1 Å². The number of pyridine rings is 1. The molecule has 1 saturated heterocycles. The minimum absolute atomic E-state index is 0.00370. The molecular formula is C20H24N2O3. The average molecular weight is 340 g/mol. The third-order valence-corrected chi connectivity index (χ3v) is 4.72. The molecule has 2 aromatic rings. The Morgan fingerprint density at radius 3 is 2.68 bits per heavy atom. The van der Waals surface area contributed by atoms with Crippen LogP contribution in [0.1, 0.15) is 35.7 Å². The fourth-order valence-electron chi connectivity index (χ4n) is 3.12. The fourth-order valence-corrected chi connectivity index (χ4v) is 3.12. The summed E-state index contributed by atoms with van der Waals surface area (Å²) in [6.07, 6.45) is 2.98. The lowest BCUT2D eigenvalue weighted by Crippen LogP contribution is -2.40.